The molecular formula is C10H24NO4P. The van der Waals surface area contributed by atoms with E-state index >= 15 is 0 Å². The lowest BCUT2D eigenvalue weighted by atomic mass is 10.4. The van der Waals surface area contributed by atoms with Crippen molar-refractivity contribution >= 4 is 7.82 Å². The summed E-state index contributed by atoms with van der Waals surface area (Å²) in [6, 6.07) is 0. The molecular weight excluding hydrogens is 229 g/mol. The first-order valence-electron chi connectivity index (χ1n) is 5.98. The molecule has 0 aromatic carbocycles. The molecule has 98 valence electrons. The molecule has 1 unspecified atom stereocenters. The zero-order valence-electron chi connectivity index (χ0n) is 10.8. The van der Waals surface area contributed by atoms with Gasteiger partial charge in [-0.25, -0.2) is 0 Å². The zero-order chi connectivity index (χ0) is 12.7. The van der Waals surface area contributed by atoms with Crippen LogP contribution in [0.15, 0.2) is 0 Å². The molecule has 0 aliphatic carbocycles. The average Bonchev–Trinajstić information content (AvgIpc) is 2.26. The van der Waals surface area contributed by atoms with Gasteiger partial charge in [-0.1, -0.05) is 13.3 Å². The van der Waals surface area contributed by atoms with Crippen LogP contribution in [0.1, 0.15) is 40.5 Å². The first kappa shape index (κ1) is 16.1. The van der Waals surface area contributed by atoms with Crippen molar-refractivity contribution in [1.29, 1.82) is 0 Å². The molecule has 5 nitrogen and oxygen atoms in total. The number of quaternary nitrogens is 1. The first-order chi connectivity index (χ1) is 7.45. The second-order valence-corrected chi connectivity index (χ2v) is 5.04. The molecule has 0 fully saturated rings. The molecule has 0 heterocycles. The van der Waals surface area contributed by atoms with Crippen molar-refractivity contribution in [3.63, 3.8) is 0 Å². The number of phosphoric acid groups is 1. The van der Waals surface area contributed by atoms with Gasteiger partial charge in [0.2, 0.25) is 0 Å². The molecule has 0 saturated carbocycles. The van der Waals surface area contributed by atoms with Gasteiger partial charge in [-0.05, 0) is 27.2 Å². The van der Waals surface area contributed by atoms with Gasteiger partial charge in [0.1, 0.15) is 19.6 Å². The van der Waals surface area contributed by atoms with Gasteiger partial charge in [0.25, 0.3) is 0 Å². The van der Waals surface area contributed by atoms with Crippen LogP contribution in [0, 0.1) is 0 Å². The summed E-state index contributed by atoms with van der Waals surface area (Å²) >= 11 is 0. The number of nitrogens with zero attached hydrogens (tertiary/aromatic N) is 1. The predicted molar refractivity (Wildman–Crippen MR) is 61.4 cm³/mol. The Hall–Kier alpha value is 0.0700. The summed E-state index contributed by atoms with van der Waals surface area (Å²) in [6.07, 6.45) is 1.62. The highest BCUT2D eigenvalue weighted by molar-refractivity contribution is 7.45. The molecule has 0 rings (SSSR count). The molecule has 0 saturated heterocycles. The molecule has 6 heteroatoms. The van der Waals surface area contributed by atoms with Crippen LogP contribution in [0.2, 0.25) is 0 Å². The van der Waals surface area contributed by atoms with Crippen LogP contribution in [0.5, 0.6) is 0 Å². The molecule has 0 amide bonds. The standard InChI is InChI=1S/C10H24NO4P/c1-5-9-10-14-16(12,13)15-11(6-2,7-3)8-4/h5-10H2,1-4H3. The third-order valence-electron chi connectivity index (χ3n) is 2.75. The first-order valence-corrected chi connectivity index (χ1v) is 7.44. The van der Waals surface area contributed by atoms with Gasteiger partial charge in [0.05, 0.1) is 6.61 Å². The van der Waals surface area contributed by atoms with Crippen LogP contribution in [0.25, 0.3) is 0 Å². The van der Waals surface area contributed by atoms with Gasteiger partial charge in [-0.3, -0.25) is 4.57 Å². The van der Waals surface area contributed by atoms with E-state index in [0.717, 1.165) is 12.8 Å². The van der Waals surface area contributed by atoms with Crippen LogP contribution in [0.3, 0.4) is 0 Å². The van der Waals surface area contributed by atoms with Crippen molar-refractivity contribution in [3.05, 3.63) is 0 Å². The summed E-state index contributed by atoms with van der Waals surface area (Å²) in [5.41, 5.74) is 0. The molecule has 16 heavy (non-hydrogen) atoms. The fraction of sp³-hybridized carbons (Fsp3) is 1.00. The van der Waals surface area contributed by atoms with E-state index in [1.54, 1.807) is 0 Å². The van der Waals surface area contributed by atoms with E-state index < -0.39 is 7.82 Å². The summed E-state index contributed by atoms with van der Waals surface area (Å²) in [4.78, 5) is 11.6. The predicted octanol–water partition coefficient (Wildman–Crippen LogP) is 2.08. The second kappa shape index (κ2) is 7.41. The molecule has 0 aromatic rings. The van der Waals surface area contributed by atoms with Gasteiger partial charge in [-0.15, -0.1) is 4.62 Å². The minimum absolute atomic E-state index is 0.0902. The van der Waals surface area contributed by atoms with E-state index in [4.69, 9.17) is 9.15 Å². The molecule has 0 radical (unpaired) electrons. The Morgan fingerprint density at radius 3 is 2.00 bits per heavy atom. The number of phosphoric ester groups is 1. The van der Waals surface area contributed by atoms with Crippen LogP contribution in [0.4, 0.5) is 0 Å². The zero-order valence-corrected chi connectivity index (χ0v) is 11.7. The average molecular weight is 253 g/mol. The smallest absolute Gasteiger partial charge is 0.325 e. The van der Waals surface area contributed by atoms with Crippen molar-refractivity contribution in [2.45, 2.75) is 40.5 Å². The highest BCUT2D eigenvalue weighted by Crippen LogP contribution is 2.42. The maximum atomic E-state index is 11.6. The monoisotopic (exact) mass is 253 g/mol. The Morgan fingerprint density at radius 2 is 1.62 bits per heavy atom. The summed E-state index contributed by atoms with van der Waals surface area (Å²) in [7, 11) is -4.17. The Kier molecular flexibility index (Phi) is 7.44. The molecule has 0 spiro atoms. The van der Waals surface area contributed by atoms with Gasteiger partial charge in [-0.2, -0.15) is 4.65 Å². The van der Waals surface area contributed by atoms with Crippen LogP contribution >= 0.6 is 7.82 Å². The van der Waals surface area contributed by atoms with Crippen molar-refractivity contribution < 1.29 is 23.3 Å². The lowest BCUT2D eigenvalue weighted by Crippen LogP contribution is -2.47. The van der Waals surface area contributed by atoms with Crippen molar-refractivity contribution in [2.24, 2.45) is 0 Å². The third kappa shape index (κ3) is 5.41. The number of hydrogen-bond donors (Lipinski definition) is 0. The van der Waals surface area contributed by atoms with E-state index in [9.17, 15) is 9.46 Å². The number of hydroxylamine groups is 3. The van der Waals surface area contributed by atoms with E-state index in [0.29, 0.717) is 19.6 Å². The van der Waals surface area contributed by atoms with Crippen LogP contribution < -0.4 is 4.89 Å². The lowest BCUT2D eigenvalue weighted by molar-refractivity contribution is -1.08. The highest BCUT2D eigenvalue weighted by Gasteiger charge is 2.29. The summed E-state index contributed by atoms with van der Waals surface area (Å²) in [6.45, 7) is 9.71. The Labute approximate surface area is 98.5 Å². The van der Waals surface area contributed by atoms with Gasteiger partial charge in [0.15, 0.2) is 0 Å². The largest absolute Gasteiger partial charge is 0.752 e. The Bertz CT molecular complexity index is 223. The maximum Gasteiger partial charge on any atom is 0.325 e. The minimum atomic E-state index is -4.17. The summed E-state index contributed by atoms with van der Waals surface area (Å²) < 4.78 is 21.6. The molecule has 0 aromatic heterocycles. The van der Waals surface area contributed by atoms with E-state index in [1.807, 2.05) is 27.7 Å². The maximum absolute atomic E-state index is 11.6. The van der Waals surface area contributed by atoms with Crippen LogP contribution in [-0.4, -0.2) is 30.9 Å². The topological polar surface area (TPSA) is 58.6 Å². The quantitative estimate of drug-likeness (QED) is 0.273. The van der Waals surface area contributed by atoms with E-state index in [-0.39, 0.29) is 11.3 Å². The molecule has 0 bridgehead atoms. The highest BCUT2D eigenvalue weighted by atomic mass is 31.2. The number of unbranched alkanes of at least 4 members (excludes halogenated alkanes) is 1. The van der Waals surface area contributed by atoms with Gasteiger partial charge >= 0.3 is 7.82 Å². The van der Waals surface area contributed by atoms with Crippen molar-refractivity contribution in [2.75, 3.05) is 26.2 Å². The van der Waals surface area contributed by atoms with Crippen LogP contribution in [-0.2, 0) is 13.7 Å². The van der Waals surface area contributed by atoms with Crippen molar-refractivity contribution in [3.8, 4) is 0 Å². The lowest BCUT2D eigenvalue weighted by Gasteiger charge is -2.36. The van der Waals surface area contributed by atoms with E-state index in [1.165, 1.54) is 0 Å². The van der Waals surface area contributed by atoms with Crippen molar-refractivity contribution in [1.82, 2.24) is 0 Å². The molecule has 1 atom stereocenters. The fourth-order valence-electron chi connectivity index (χ4n) is 1.40. The number of rotatable bonds is 9. The summed E-state index contributed by atoms with van der Waals surface area (Å²) in [5, 5.41) is 0. The van der Waals surface area contributed by atoms with Gasteiger partial charge in [0, 0.05) is 0 Å². The second-order valence-electron chi connectivity index (χ2n) is 3.72. The molecule has 0 N–H and O–H groups in total. The Balaban J connectivity index is 4.36. The SMILES string of the molecule is CCCCOP(=O)([O-])O[N+](CC)(CC)CC. The Morgan fingerprint density at radius 1 is 1.12 bits per heavy atom. The van der Waals surface area contributed by atoms with E-state index in [2.05, 4.69) is 0 Å². The fourth-order valence-corrected chi connectivity index (χ4v) is 2.57. The normalized spacial score (nSPS) is 16.1. The molecule has 0 aliphatic heterocycles. The summed E-state index contributed by atoms with van der Waals surface area (Å²) in [5.74, 6) is 0. The number of hydrogen-bond acceptors (Lipinski definition) is 4. The van der Waals surface area contributed by atoms with Gasteiger partial charge < -0.3 is 9.42 Å². The minimum Gasteiger partial charge on any atom is -0.752 e. The third-order valence-corrected chi connectivity index (χ3v) is 3.79. The molecule has 0 aliphatic rings.